The van der Waals surface area contributed by atoms with Gasteiger partial charge in [-0.2, -0.15) is 4.98 Å². The third-order valence-electron chi connectivity index (χ3n) is 5.77. The van der Waals surface area contributed by atoms with Crippen LogP contribution in [-0.4, -0.2) is 25.6 Å². The summed E-state index contributed by atoms with van der Waals surface area (Å²) in [5.74, 6) is 3.31. The van der Waals surface area contributed by atoms with Gasteiger partial charge in [0, 0.05) is 24.4 Å². The molecule has 124 valence electrons. The largest absolute Gasteiger partial charge is 0.339 e. The third kappa shape index (κ3) is 2.17. The fraction of sp³-hybridized carbons (Fsp3) is 0.500. The van der Waals surface area contributed by atoms with Crippen molar-refractivity contribution in [1.82, 2.24) is 19.5 Å². The van der Waals surface area contributed by atoms with Gasteiger partial charge in [-0.05, 0) is 49.7 Å². The summed E-state index contributed by atoms with van der Waals surface area (Å²) >= 11 is 0. The number of hydrogen-bond donors (Lipinski definition) is 1. The summed E-state index contributed by atoms with van der Waals surface area (Å²) in [5, 5.41) is 4.17. The Morgan fingerprint density at radius 3 is 3.00 bits per heavy atom. The van der Waals surface area contributed by atoms with Gasteiger partial charge in [0.2, 0.25) is 5.89 Å². The Labute approximate surface area is 140 Å². The SMILES string of the molecule is Cc1cccn2cc(Cc3noc(C4C[C@@H]5C[C@H](N)[C@@H]5C4)n3)nc12. The molecule has 0 saturated heterocycles. The monoisotopic (exact) mass is 323 g/mol. The molecule has 2 aliphatic rings. The van der Waals surface area contributed by atoms with Crippen LogP contribution >= 0.6 is 0 Å². The van der Waals surface area contributed by atoms with Gasteiger partial charge in [0.25, 0.3) is 0 Å². The number of imidazole rings is 1. The molecular formula is C18H21N5O. The van der Waals surface area contributed by atoms with Gasteiger partial charge < -0.3 is 14.7 Å². The highest BCUT2D eigenvalue weighted by Crippen LogP contribution is 2.51. The lowest BCUT2D eigenvalue weighted by atomic mass is 9.72. The molecule has 6 heteroatoms. The zero-order chi connectivity index (χ0) is 16.3. The van der Waals surface area contributed by atoms with E-state index in [1.807, 2.05) is 22.9 Å². The van der Waals surface area contributed by atoms with E-state index in [-0.39, 0.29) is 0 Å². The average Bonchev–Trinajstić information content (AvgIpc) is 3.24. The number of aryl methyl sites for hydroxylation is 1. The number of nitrogens with zero attached hydrogens (tertiary/aromatic N) is 4. The Balaban J connectivity index is 1.34. The predicted molar refractivity (Wildman–Crippen MR) is 88.6 cm³/mol. The van der Waals surface area contributed by atoms with Crippen molar-refractivity contribution in [2.75, 3.05) is 0 Å². The van der Waals surface area contributed by atoms with Gasteiger partial charge in [-0.1, -0.05) is 11.2 Å². The van der Waals surface area contributed by atoms with Crippen molar-refractivity contribution in [1.29, 1.82) is 0 Å². The molecule has 2 saturated carbocycles. The Bertz CT molecular complexity index is 898. The van der Waals surface area contributed by atoms with E-state index in [1.165, 1.54) is 0 Å². The molecule has 0 radical (unpaired) electrons. The van der Waals surface area contributed by atoms with Crippen LogP contribution in [0.15, 0.2) is 29.0 Å². The Morgan fingerprint density at radius 1 is 1.29 bits per heavy atom. The summed E-state index contributed by atoms with van der Waals surface area (Å²) < 4.78 is 7.59. The van der Waals surface area contributed by atoms with Crippen molar-refractivity contribution >= 4 is 5.65 Å². The molecule has 0 bridgehead atoms. The van der Waals surface area contributed by atoms with E-state index >= 15 is 0 Å². The number of fused-ring (bicyclic) bond motifs is 2. The second-order valence-electron chi connectivity index (χ2n) is 7.37. The summed E-state index contributed by atoms with van der Waals surface area (Å²) in [5.41, 5.74) is 9.19. The van der Waals surface area contributed by atoms with E-state index in [9.17, 15) is 0 Å². The average molecular weight is 323 g/mol. The normalized spacial score (nSPS) is 28.9. The maximum absolute atomic E-state index is 6.08. The molecule has 3 aromatic heterocycles. The summed E-state index contributed by atoms with van der Waals surface area (Å²) in [6, 6.07) is 4.47. The third-order valence-corrected chi connectivity index (χ3v) is 5.77. The second kappa shape index (κ2) is 5.14. The predicted octanol–water partition coefficient (Wildman–Crippen LogP) is 2.46. The Morgan fingerprint density at radius 2 is 2.21 bits per heavy atom. The van der Waals surface area contributed by atoms with E-state index in [1.54, 1.807) is 0 Å². The standard InChI is InChI=1S/C18H21N5O/c1-10-3-2-4-23-9-13(20-17(10)23)8-16-21-18(24-22-16)12-5-11-7-15(19)14(11)6-12/h2-4,9,11-12,14-15H,5-8,19H2,1H3/t11-,12?,14-,15+/m1/s1. The molecule has 24 heavy (non-hydrogen) atoms. The molecule has 0 aromatic carbocycles. The topological polar surface area (TPSA) is 82.2 Å². The van der Waals surface area contributed by atoms with Gasteiger partial charge in [-0.25, -0.2) is 4.98 Å². The fourth-order valence-electron chi connectivity index (χ4n) is 4.44. The maximum Gasteiger partial charge on any atom is 0.229 e. The minimum Gasteiger partial charge on any atom is -0.339 e. The molecule has 6 nitrogen and oxygen atoms in total. The highest BCUT2D eigenvalue weighted by atomic mass is 16.5. The minimum absolute atomic E-state index is 0.378. The van der Waals surface area contributed by atoms with Crippen LogP contribution in [-0.2, 0) is 6.42 Å². The van der Waals surface area contributed by atoms with Crippen molar-refractivity contribution in [2.24, 2.45) is 17.6 Å². The molecule has 0 aliphatic heterocycles. The van der Waals surface area contributed by atoms with E-state index in [2.05, 4.69) is 28.1 Å². The molecule has 1 unspecified atom stereocenters. The number of aromatic nitrogens is 4. The molecule has 0 spiro atoms. The number of rotatable bonds is 3. The van der Waals surface area contributed by atoms with Crippen LogP contribution in [0.1, 0.15) is 48.2 Å². The Hall–Kier alpha value is -2.21. The summed E-state index contributed by atoms with van der Waals surface area (Å²) in [6.45, 7) is 2.07. The van der Waals surface area contributed by atoms with Gasteiger partial charge in [-0.3, -0.25) is 0 Å². The highest BCUT2D eigenvalue weighted by Gasteiger charge is 2.47. The lowest BCUT2D eigenvalue weighted by molar-refractivity contribution is 0.173. The van der Waals surface area contributed by atoms with Crippen LogP contribution in [0.2, 0.25) is 0 Å². The molecule has 2 N–H and O–H groups in total. The zero-order valence-corrected chi connectivity index (χ0v) is 13.7. The molecule has 3 heterocycles. The second-order valence-corrected chi connectivity index (χ2v) is 7.37. The molecule has 3 aromatic rings. The van der Waals surface area contributed by atoms with Crippen molar-refractivity contribution in [3.63, 3.8) is 0 Å². The van der Waals surface area contributed by atoms with Crippen molar-refractivity contribution in [3.05, 3.63) is 47.5 Å². The van der Waals surface area contributed by atoms with E-state index in [0.29, 0.717) is 24.3 Å². The first-order valence-corrected chi connectivity index (χ1v) is 8.68. The van der Waals surface area contributed by atoms with Crippen LogP contribution in [0.3, 0.4) is 0 Å². The Kier molecular flexibility index (Phi) is 3.03. The van der Waals surface area contributed by atoms with Crippen molar-refractivity contribution in [3.8, 4) is 0 Å². The number of nitrogens with two attached hydrogens (primary N) is 1. The van der Waals surface area contributed by atoms with Gasteiger partial charge in [0.1, 0.15) is 5.65 Å². The van der Waals surface area contributed by atoms with Crippen LogP contribution < -0.4 is 5.73 Å². The summed E-state index contributed by atoms with van der Waals surface area (Å²) in [6.07, 6.45) is 8.05. The molecule has 2 fully saturated rings. The first-order valence-electron chi connectivity index (χ1n) is 8.68. The van der Waals surface area contributed by atoms with Crippen LogP contribution in [0.4, 0.5) is 0 Å². The first kappa shape index (κ1) is 14.2. The molecule has 4 atom stereocenters. The number of pyridine rings is 1. The summed E-state index contributed by atoms with van der Waals surface area (Å²) in [4.78, 5) is 9.32. The van der Waals surface area contributed by atoms with Crippen LogP contribution in [0.5, 0.6) is 0 Å². The zero-order valence-electron chi connectivity index (χ0n) is 13.7. The first-order chi connectivity index (χ1) is 11.7. The molecule has 0 amide bonds. The lowest BCUT2D eigenvalue weighted by Gasteiger charge is -2.37. The molecule has 2 aliphatic carbocycles. The smallest absolute Gasteiger partial charge is 0.229 e. The highest BCUT2D eigenvalue weighted by molar-refractivity contribution is 5.48. The van der Waals surface area contributed by atoms with Gasteiger partial charge in [0.05, 0.1) is 12.1 Å². The fourth-order valence-corrected chi connectivity index (χ4v) is 4.44. The summed E-state index contributed by atoms with van der Waals surface area (Å²) in [7, 11) is 0. The molecular weight excluding hydrogens is 302 g/mol. The minimum atomic E-state index is 0.378. The van der Waals surface area contributed by atoms with E-state index in [4.69, 9.17) is 10.3 Å². The van der Waals surface area contributed by atoms with Crippen molar-refractivity contribution in [2.45, 2.75) is 44.6 Å². The van der Waals surface area contributed by atoms with E-state index in [0.717, 1.165) is 53.8 Å². The van der Waals surface area contributed by atoms with Gasteiger partial charge in [0.15, 0.2) is 5.82 Å². The lowest BCUT2D eigenvalue weighted by Crippen LogP contribution is -2.44. The van der Waals surface area contributed by atoms with E-state index < -0.39 is 0 Å². The van der Waals surface area contributed by atoms with Gasteiger partial charge >= 0.3 is 0 Å². The molecule has 5 rings (SSSR count). The van der Waals surface area contributed by atoms with Crippen LogP contribution in [0.25, 0.3) is 5.65 Å². The van der Waals surface area contributed by atoms with Gasteiger partial charge in [-0.15, -0.1) is 0 Å². The van der Waals surface area contributed by atoms with Crippen LogP contribution in [0, 0.1) is 18.8 Å². The van der Waals surface area contributed by atoms with Crippen molar-refractivity contribution < 1.29 is 4.52 Å². The quantitative estimate of drug-likeness (QED) is 0.800. The maximum atomic E-state index is 6.08. The number of hydrogen-bond acceptors (Lipinski definition) is 5.